The smallest absolute Gasteiger partial charge is 0.139 e. The molecule has 1 heterocycles. The lowest BCUT2D eigenvalue weighted by Gasteiger charge is -2.32. The van der Waals surface area contributed by atoms with Crippen molar-refractivity contribution in [3.63, 3.8) is 0 Å². The number of halogens is 2. The van der Waals surface area contributed by atoms with Gasteiger partial charge >= 0.3 is 0 Å². The Kier molecular flexibility index (Phi) is 3.97. The molecule has 1 fully saturated rings. The molecule has 4 heteroatoms. The topological polar surface area (TPSA) is 15.3 Å². The molecule has 1 aromatic rings. The summed E-state index contributed by atoms with van der Waals surface area (Å²) >= 11 is 3.24. The van der Waals surface area contributed by atoms with E-state index in [4.69, 9.17) is 0 Å². The van der Waals surface area contributed by atoms with Gasteiger partial charge in [-0.15, -0.1) is 0 Å². The fourth-order valence-corrected chi connectivity index (χ4v) is 2.95. The van der Waals surface area contributed by atoms with Crippen molar-refractivity contribution in [1.29, 1.82) is 0 Å². The summed E-state index contributed by atoms with van der Waals surface area (Å²) in [7, 11) is 0. The largest absolute Gasteiger partial charge is 0.369 e. The molecule has 1 aromatic carbocycles. The maximum Gasteiger partial charge on any atom is 0.139 e. The SMILES string of the molecule is Cc1cc(Br)c(F)cc1N1CCCNC(C)(C)C1. The fourth-order valence-electron chi connectivity index (χ4n) is 2.49. The van der Waals surface area contributed by atoms with Crippen LogP contribution in [-0.4, -0.2) is 25.2 Å². The van der Waals surface area contributed by atoms with Gasteiger partial charge in [0.05, 0.1) is 4.47 Å². The highest BCUT2D eigenvalue weighted by Gasteiger charge is 2.25. The number of benzene rings is 1. The summed E-state index contributed by atoms with van der Waals surface area (Å²) < 4.78 is 14.3. The van der Waals surface area contributed by atoms with Crippen LogP contribution in [0.3, 0.4) is 0 Å². The molecule has 1 aliphatic rings. The monoisotopic (exact) mass is 314 g/mol. The molecule has 18 heavy (non-hydrogen) atoms. The van der Waals surface area contributed by atoms with E-state index in [2.05, 4.69) is 40.0 Å². The Morgan fingerprint density at radius 2 is 2.11 bits per heavy atom. The second-order valence-corrected chi connectivity index (χ2v) is 6.49. The van der Waals surface area contributed by atoms with E-state index in [-0.39, 0.29) is 11.4 Å². The van der Waals surface area contributed by atoms with Gasteiger partial charge in [-0.2, -0.15) is 0 Å². The Bertz CT molecular complexity index is 446. The zero-order chi connectivity index (χ0) is 13.3. The number of aryl methyl sites for hydroxylation is 1. The van der Waals surface area contributed by atoms with Crippen LogP contribution < -0.4 is 10.2 Å². The van der Waals surface area contributed by atoms with Crippen LogP contribution in [0.2, 0.25) is 0 Å². The Balaban J connectivity index is 2.32. The minimum absolute atomic E-state index is 0.0620. The minimum Gasteiger partial charge on any atom is -0.369 e. The van der Waals surface area contributed by atoms with E-state index in [0.29, 0.717) is 4.47 Å². The summed E-state index contributed by atoms with van der Waals surface area (Å²) in [5.74, 6) is -0.189. The average molecular weight is 315 g/mol. The van der Waals surface area contributed by atoms with Crippen LogP contribution in [0.5, 0.6) is 0 Å². The van der Waals surface area contributed by atoms with Gasteiger partial charge in [0.15, 0.2) is 0 Å². The van der Waals surface area contributed by atoms with E-state index in [1.807, 2.05) is 13.0 Å². The average Bonchev–Trinajstić information content (AvgIpc) is 2.44. The lowest BCUT2D eigenvalue weighted by Crippen LogP contribution is -2.46. The molecule has 0 saturated carbocycles. The summed E-state index contributed by atoms with van der Waals surface area (Å²) in [6, 6.07) is 3.50. The van der Waals surface area contributed by atoms with Crippen LogP contribution >= 0.6 is 15.9 Å². The van der Waals surface area contributed by atoms with E-state index in [1.165, 1.54) is 0 Å². The summed E-state index contributed by atoms with van der Waals surface area (Å²) in [5.41, 5.74) is 2.18. The van der Waals surface area contributed by atoms with Crippen LogP contribution in [0.25, 0.3) is 0 Å². The van der Waals surface area contributed by atoms with Crippen molar-refractivity contribution in [3.8, 4) is 0 Å². The first-order valence-corrected chi connectivity index (χ1v) is 7.14. The number of hydrogen-bond acceptors (Lipinski definition) is 2. The molecule has 0 radical (unpaired) electrons. The summed E-state index contributed by atoms with van der Waals surface area (Å²) in [6.07, 6.45) is 1.08. The van der Waals surface area contributed by atoms with E-state index < -0.39 is 0 Å². The first-order chi connectivity index (χ1) is 8.39. The van der Waals surface area contributed by atoms with Crippen LogP contribution in [0.4, 0.5) is 10.1 Å². The molecule has 0 atom stereocenters. The third kappa shape index (κ3) is 3.04. The molecule has 0 aromatic heterocycles. The van der Waals surface area contributed by atoms with Crippen LogP contribution in [0.15, 0.2) is 16.6 Å². The first kappa shape index (κ1) is 13.8. The highest BCUT2D eigenvalue weighted by Crippen LogP contribution is 2.28. The fraction of sp³-hybridized carbons (Fsp3) is 0.571. The lowest BCUT2D eigenvalue weighted by molar-refractivity contribution is 0.416. The van der Waals surface area contributed by atoms with Crippen LogP contribution in [-0.2, 0) is 0 Å². The number of anilines is 1. The second kappa shape index (κ2) is 5.17. The molecule has 0 bridgehead atoms. The van der Waals surface area contributed by atoms with Crippen molar-refractivity contribution in [3.05, 3.63) is 28.0 Å². The van der Waals surface area contributed by atoms with Crippen molar-refractivity contribution in [2.24, 2.45) is 0 Å². The van der Waals surface area contributed by atoms with Gasteiger partial charge in [-0.1, -0.05) is 0 Å². The quantitative estimate of drug-likeness (QED) is 0.853. The van der Waals surface area contributed by atoms with Crippen molar-refractivity contribution in [1.82, 2.24) is 5.32 Å². The van der Waals surface area contributed by atoms with Gasteiger partial charge in [-0.3, -0.25) is 0 Å². The molecule has 2 nitrogen and oxygen atoms in total. The van der Waals surface area contributed by atoms with Gasteiger partial charge < -0.3 is 10.2 Å². The third-order valence-corrected chi connectivity index (χ3v) is 3.98. The van der Waals surface area contributed by atoms with E-state index in [0.717, 1.165) is 37.3 Å². The van der Waals surface area contributed by atoms with Gasteiger partial charge in [0.2, 0.25) is 0 Å². The normalized spacial score (nSPS) is 19.7. The van der Waals surface area contributed by atoms with E-state index >= 15 is 0 Å². The van der Waals surface area contributed by atoms with Crippen molar-refractivity contribution in [2.75, 3.05) is 24.5 Å². The zero-order valence-corrected chi connectivity index (χ0v) is 12.8. The van der Waals surface area contributed by atoms with Crippen molar-refractivity contribution >= 4 is 21.6 Å². The highest BCUT2D eigenvalue weighted by molar-refractivity contribution is 9.10. The Hall–Kier alpha value is -0.610. The van der Waals surface area contributed by atoms with Crippen LogP contribution in [0, 0.1) is 12.7 Å². The first-order valence-electron chi connectivity index (χ1n) is 6.35. The van der Waals surface area contributed by atoms with Crippen molar-refractivity contribution < 1.29 is 4.39 Å². The predicted octanol–water partition coefficient (Wildman–Crippen LogP) is 3.47. The van der Waals surface area contributed by atoms with E-state index in [9.17, 15) is 4.39 Å². The molecular formula is C14H20BrFN2. The molecule has 2 rings (SSSR count). The zero-order valence-electron chi connectivity index (χ0n) is 11.2. The molecule has 1 N–H and O–H groups in total. The van der Waals surface area contributed by atoms with Gasteiger partial charge in [-0.25, -0.2) is 4.39 Å². The predicted molar refractivity (Wildman–Crippen MR) is 77.7 cm³/mol. The maximum absolute atomic E-state index is 13.7. The van der Waals surface area contributed by atoms with Gasteiger partial charge in [-0.05, 0) is 67.4 Å². The summed E-state index contributed by atoms with van der Waals surface area (Å²) in [6.45, 7) is 9.30. The second-order valence-electron chi connectivity index (χ2n) is 5.64. The lowest BCUT2D eigenvalue weighted by atomic mass is 10.0. The molecule has 0 amide bonds. The summed E-state index contributed by atoms with van der Waals surface area (Å²) in [5, 5.41) is 3.52. The minimum atomic E-state index is -0.189. The molecular weight excluding hydrogens is 295 g/mol. The number of hydrogen-bond donors (Lipinski definition) is 1. The van der Waals surface area contributed by atoms with Crippen LogP contribution in [0.1, 0.15) is 25.8 Å². The van der Waals surface area contributed by atoms with Gasteiger partial charge in [0, 0.05) is 24.3 Å². The Morgan fingerprint density at radius 1 is 1.39 bits per heavy atom. The van der Waals surface area contributed by atoms with E-state index in [1.54, 1.807) is 6.07 Å². The Morgan fingerprint density at radius 3 is 2.83 bits per heavy atom. The highest BCUT2D eigenvalue weighted by atomic mass is 79.9. The molecule has 0 aliphatic carbocycles. The molecule has 1 aliphatic heterocycles. The third-order valence-electron chi connectivity index (χ3n) is 3.37. The molecule has 0 unspecified atom stereocenters. The van der Waals surface area contributed by atoms with Gasteiger partial charge in [0.25, 0.3) is 0 Å². The number of nitrogens with zero attached hydrogens (tertiary/aromatic N) is 1. The molecule has 0 spiro atoms. The van der Waals surface area contributed by atoms with Gasteiger partial charge in [0.1, 0.15) is 5.82 Å². The maximum atomic E-state index is 13.7. The molecule has 100 valence electrons. The number of nitrogens with one attached hydrogen (secondary N) is 1. The molecule has 1 saturated heterocycles. The number of rotatable bonds is 1. The standard InChI is InChI=1S/C14H20BrFN2/c1-10-7-11(15)12(16)8-13(10)18-6-4-5-17-14(2,3)9-18/h7-8,17H,4-6,9H2,1-3H3. The Labute approximate surface area is 117 Å². The van der Waals surface area contributed by atoms with Crippen molar-refractivity contribution in [2.45, 2.75) is 32.7 Å². The summed E-state index contributed by atoms with van der Waals surface area (Å²) in [4.78, 5) is 2.28.